The molecule has 5 heteroatoms. The van der Waals surface area contributed by atoms with Crippen molar-refractivity contribution in [2.24, 2.45) is 5.92 Å². The first-order valence-electron chi connectivity index (χ1n) is 7.02. The van der Waals surface area contributed by atoms with Gasteiger partial charge in [-0.1, -0.05) is 20.8 Å². The lowest BCUT2D eigenvalue weighted by Gasteiger charge is -2.35. The third kappa shape index (κ3) is 4.71. The third-order valence-corrected chi connectivity index (χ3v) is 5.33. The molecule has 0 aromatic rings. The van der Waals surface area contributed by atoms with E-state index < -0.39 is 0 Å². The van der Waals surface area contributed by atoms with Gasteiger partial charge in [0.25, 0.3) is 0 Å². The molecule has 1 heterocycles. The van der Waals surface area contributed by atoms with Crippen molar-refractivity contribution in [1.29, 1.82) is 0 Å². The molecule has 1 saturated heterocycles. The van der Waals surface area contributed by atoms with Crippen LogP contribution in [0, 0.1) is 5.92 Å². The van der Waals surface area contributed by atoms with Gasteiger partial charge in [-0.3, -0.25) is 9.59 Å². The highest BCUT2D eigenvalue weighted by Gasteiger charge is 2.27. The van der Waals surface area contributed by atoms with E-state index in [4.69, 9.17) is 0 Å². The topological polar surface area (TPSA) is 40.6 Å². The van der Waals surface area contributed by atoms with Crippen LogP contribution in [0.15, 0.2) is 0 Å². The molecule has 0 aromatic carbocycles. The first-order chi connectivity index (χ1) is 8.82. The van der Waals surface area contributed by atoms with Gasteiger partial charge in [0.2, 0.25) is 11.8 Å². The first-order valence-corrected chi connectivity index (χ1v) is 7.97. The van der Waals surface area contributed by atoms with E-state index in [1.54, 1.807) is 23.6 Å². The standard InChI is InChI=1S/C14H26N2O2S/c1-10(2)11(3)19-12(4)14(18)16-8-6-15(7-9-16)13(5)17/h10-12H,6-9H2,1-5H3/t11-,12+/m0/s1. The fraction of sp³-hybridized carbons (Fsp3) is 0.857. The molecule has 0 spiro atoms. The Morgan fingerprint density at radius 1 is 0.947 bits per heavy atom. The minimum absolute atomic E-state index is 0.00118. The van der Waals surface area contributed by atoms with E-state index in [2.05, 4.69) is 20.8 Å². The number of piperazine rings is 1. The molecule has 0 aliphatic carbocycles. The van der Waals surface area contributed by atoms with Crippen molar-refractivity contribution < 1.29 is 9.59 Å². The molecule has 2 atom stereocenters. The minimum atomic E-state index is 0.00118. The summed E-state index contributed by atoms with van der Waals surface area (Å²) >= 11 is 1.74. The molecule has 1 aliphatic heterocycles. The number of amides is 2. The Morgan fingerprint density at radius 2 is 1.42 bits per heavy atom. The van der Waals surface area contributed by atoms with Crippen molar-refractivity contribution in [3.05, 3.63) is 0 Å². The van der Waals surface area contributed by atoms with E-state index in [0.717, 1.165) is 0 Å². The summed E-state index contributed by atoms with van der Waals surface area (Å²) in [5, 5.41) is 0.485. The first kappa shape index (κ1) is 16.3. The van der Waals surface area contributed by atoms with Crippen molar-refractivity contribution >= 4 is 23.6 Å². The van der Waals surface area contributed by atoms with Gasteiger partial charge in [-0.05, 0) is 12.8 Å². The van der Waals surface area contributed by atoms with E-state index >= 15 is 0 Å². The van der Waals surface area contributed by atoms with Gasteiger partial charge in [-0.2, -0.15) is 0 Å². The molecule has 1 rings (SSSR count). The molecule has 0 unspecified atom stereocenters. The van der Waals surface area contributed by atoms with E-state index in [9.17, 15) is 9.59 Å². The summed E-state index contributed by atoms with van der Waals surface area (Å²) < 4.78 is 0. The summed E-state index contributed by atoms with van der Waals surface area (Å²) in [6, 6.07) is 0. The Balaban J connectivity index is 2.44. The van der Waals surface area contributed by atoms with E-state index in [1.165, 1.54) is 0 Å². The van der Waals surface area contributed by atoms with Crippen molar-refractivity contribution in [2.75, 3.05) is 26.2 Å². The second kappa shape index (κ2) is 7.17. The normalized spacial score (nSPS) is 19.5. The van der Waals surface area contributed by atoms with E-state index in [0.29, 0.717) is 37.3 Å². The Bertz CT molecular complexity index is 325. The van der Waals surface area contributed by atoms with Crippen LogP contribution in [-0.2, 0) is 9.59 Å². The highest BCUT2D eigenvalue weighted by molar-refractivity contribution is 8.01. The summed E-state index contributed by atoms with van der Waals surface area (Å²) in [5.74, 6) is 0.887. The number of carbonyl (C=O) groups is 2. The molecule has 0 aromatic heterocycles. The fourth-order valence-corrected chi connectivity index (χ4v) is 3.26. The van der Waals surface area contributed by atoms with Crippen LogP contribution < -0.4 is 0 Å². The van der Waals surface area contributed by atoms with Gasteiger partial charge >= 0.3 is 0 Å². The largest absolute Gasteiger partial charge is 0.339 e. The SMILES string of the molecule is CC(=O)N1CCN(C(=O)[C@@H](C)S[C@@H](C)C(C)C)CC1. The Kier molecular flexibility index (Phi) is 6.17. The van der Waals surface area contributed by atoms with E-state index in [1.807, 2.05) is 11.8 Å². The zero-order valence-electron chi connectivity index (χ0n) is 12.7. The van der Waals surface area contributed by atoms with Crippen LogP contribution in [0.3, 0.4) is 0 Å². The molecule has 0 saturated carbocycles. The molecule has 1 fully saturated rings. The molecular weight excluding hydrogens is 260 g/mol. The predicted molar refractivity (Wildman–Crippen MR) is 80.2 cm³/mol. The number of hydrogen-bond donors (Lipinski definition) is 0. The molecule has 4 nitrogen and oxygen atoms in total. The number of carbonyl (C=O) groups excluding carboxylic acids is 2. The van der Waals surface area contributed by atoms with Crippen molar-refractivity contribution in [1.82, 2.24) is 9.80 Å². The predicted octanol–water partition coefficient (Wildman–Crippen LogP) is 1.84. The maximum Gasteiger partial charge on any atom is 0.235 e. The second-order valence-electron chi connectivity index (χ2n) is 5.56. The zero-order valence-corrected chi connectivity index (χ0v) is 13.5. The van der Waals surface area contributed by atoms with E-state index in [-0.39, 0.29) is 17.1 Å². The van der Waals surface area contributed by atoms with Crippen LogP contribution in [0.1, 0.15) is 34.6 Å². The summed E-state index contributed by atoms with van der Waals surface area (Å²) in [7, 11) is 0. The molecule has 19 heavy (non-hydrogen) atoms. The molecule has 0 bridgehead atoms. The average molecular weight is 286 g/mol. The lowest BCUT2D eigenvalue weighted by atomic mass is 10.2. The summed E-state index contributed by atoms with van der Waals surface area (Å²) in [4.78, 5) is 27.3. The van der Waals surface area contributed by atoms with Crippen LogP contribution in [0.2, 0.25) is 0 Å². The Morgan fingerprint density at radius 3 is 1.84 bits per heavy atom. The molecule has 1 aliphatic rings. The van der Waals surface area contributed by atoms with Gasteiger partial charge in [-0.25, -0.2) is 0 Å². The quantitative estimate of drug-likeness (QED) is 0.792. The molecular formula is C14H26N2O2S. The highest BCUT2D eigenvalue weighted by Crippen LogP contribution is 2.25. The van der Waals surface area contributed by atoms with Gasteiger partial charge in [0.15, 0.2) is 0 Å². The highest BCUT2D eigenvalue weighted by atomic mass is 32.2. The molecule has 0 N–H and O–H groups in total. The van der Waals surface area contributed by atoms with Gasteiger partial charge in [-0.15, -0.1) is 11.8 Å². The zero-order chi connectivity index (χ0) is 14.6. The molecule has 0 radical (unpaired) electrons. The smallest absolute Gasteiger partial charge is 0.235 e. The van der Waals surface area contributed by atoms with Gasteiger partial charge < -0.3 is 9.80 Å². The Labute approximate surface area is 120 Å². The number of hydrogen-bond acceptors (Lipinski definition) is 3. The molecule has 2 amide bonds. The fourth-order valence-electron chi connectivity index (χ4n) is 2.04. The maximum atomic E-state index is 12.3. The lowest BCUT2D eigenvalue weighted by molar-refractivity contribution is -0.137. The summed E-state index contributed by atoms with van der Waals surface area (Å²) in [6.45, 7) is 12.8. The van der Waals surface area contributed by atoms with Crippen LogP contribution in [-0.4, -0.2) is 58.3 Å². The third-order valence-electron chi connectivity index (χ3n) is 3.74. The van der Waals surface area contributed by atoms with Crippen LogP contribution in [0.4, 0.5) is 0 Å². The van der Waals surface area contributed by atoms with Gasteiger partial charge in [0.05, 0.1) is 5.25 Å². The van der Waals surface area contributed by atoms with Crippen molar-refractivity contribution in [3.63, 3.8) is 0 Å². The van der Waals surface area contributed by atoms with Gasteiger partial charge in [0.1, 0.15) is 0 Å². The average Bonchev–Trinajstić information content (AvgIpc) is 2.37. The minimum Gasteiger partial charge on any atom is -0.339 e. The molecule has 110 valence electrons. The summed E-state index contributed by atoms with van der Waals surface area (Å²) in [5.41, 5.74) is 0. The number of nitrogens with zero attached hydrogens (tertiary/aromatic N) is 2. The van der Waals surface area contributed by atoms with Crippen LogP contribution >= 0.6 is 11.8 Å². The van der Waals surface area contributed by atoms with Gasteiger partial charge in [0, 0.05) is 38.4 Å². The number of thioether (sulfide) groups is 1. The maximum absolute atomic E-state index is 12.3. The monoisotopic (exact) mass is 286 g/mol. The number of rotatable bonds is 4. The van der Waals surface area contributed by atoms with Crippen molar-refractivity contribution in [2.45, 2.75) is 45.1 Å². The lowest BCUT2D eigenvalue weighted by Crippen LogP contribution is -2.51. The van der Waals surface area contributed by atoms with Crippen molar-refractivity contribution in [3.8, 4) is 0 Å². The second-order valence-corrected chi connectivity index (χ2v) is 7.28. The van der Waals surface area contributed by atoms with Crippen LogP contribution in [0.25, 0.3) is 0 Å². The van der Waals surface area contributed by atoms with Crippen LogP contribution in [0.5, 0.6) is 0 Å². The summed E-state index contributed by atoms with van der Waals surface area (Å²) in [6.07, 6.45) is 0. The Hall–Kier alpha value is -0.710.